The van der Waals surface area contributed by atoms with Crippen LogP contribution in [0.4, 0.5) is 5.69 Å². The van der Waals surface area contributed by atoms with Crippen molar-refractivity contribution in [3.05, 3.63) is 64.7 Å². The maximum atomic E-state index is 5.79. The van der Waals surface area contributed by atoms with Gasteiger partial charge in [-0.3, -0.25) is 5.43 Å². The van der Waals surface area contributed by atoms with Gasteiger partial charge in [-0.05, 0) is 36.8 Å². The summed E-state index contributed by atoms with van der Waals surface area (Å²) in [6.07, 6.45) is 1.79. The van der Waals surface area contributed by atoms with Crippen molar-refractivity contribution in [2.45, 2.75) is 6.92 Å². The standard InChI is InChI=1S/C14H13ClN2/c1-11-2-4-12(5-3-11)10-16-17-14-8-6-13(15)7-9-14/h2-10,17H,1H3/b16-10+. The maximum Gasteiger partial charge on any atom is 0.0562 e. The molecule has 2 aromatic rings. The first kappa shape index (κ1) is 11.7. The highest BCUT2D eigenvalue weighted by Gasteiger charge is 1.90. The minimum atomic E-state index is 0.720. The van der Waals surface area contributed by atoms with E-state index in [-0.39, 0.29) is 0 Å². The van der Waals surface area contributed by atoms with Gasteiger partial charge in [0.25, 0.3) is 0 Å². The van der Waals surface area contributed by atoms with Gasteiger partial charge >= 0.3 is 0 Å². The van der Waals surface area contributed by atoms with Crippen molar-refractivity contribution < 1.29 is 0 Å². The van der Waals surface area contributed by atoms with Crippen molar-refractivity contribution in [3.63, 3.8) is 0 Å². The van der Waals surface area contributed by atoms with E-state index >= 15 is 0 Å². The fourth-order valence-electron chi connectivity index (χ4n) is 1.36. The lowest BCUT2D eigenvalue weighted by molar-refractivity contribution is 1.35. The summed E-state index contributed by atoms with van der Waals surface area (Å²) >= 11 is 5.79. The van der Waals surface area contributed by atoms with E-state index in [2.05, 4.69) is 29.6 Å². The van der Waals surface area contributed by atoms with Gasteiger partial charge in [-0.15, -0.1) is 0 Å². The van der Waals surface area contributed by atoms with Crippen LogP contribution in [0.25, 0.3) is 0 Å². The van der Waals surface area contributed by atoms with Gasteiger partial charge in [0.1, 0.15) is 0 Å². The molecule has 0 unspecified atom stereocenters. The van der Waals surface area contributed by atoms with Crippen LogP contribution in [-0.2, 0) is 0 Å². The Bertz CT molecular complexity index is 501. The third-order valence-electron chi connectivity index (χ3n) is 2.33. The molecule has 0 atom stereocenters. The number of anilines is 1. The molecular weight excluding hydrogens is 232 g/mol. The highest BCUT2D eigenvalue weighted by atomic mass is 35.5. The molecule has 0 amide bonds. The van der Waals surface area contributed by atoms with E-state index in [9.17, 15) is 0 Å². The Morgan fingerprint density at radius 2 is 1.65 bits per heavy atom. The molecule has 0 saturated heterocycles. The summed E-state index contributed by atoms with van der Waals surface area (Å²) in [6, 6.07) is 15.6. The van der Waals surface area contributed by atoms with Crippen molar-refractivity contribution in [1.29, 1.82) is 0 Å². The quantitative estimate of drug-likeness (QED) is 0.638. The lowest BCUT2D eigenvalue weighted by Gasteiger charge is -1.99. The van der Waals surface area contributed by atoms with Gasteiger partial charge in [0, 0.05) is 5.02 Å². The van der Waals surface area contributed by atoms with E-state index in [4.69, 9.17) is 11.6 Å². The molecule has 3 heteroatoms. The Morgan fingerprint density at radius 1 is 1.00 bits per heavy atom. The number of hydrogen-bond acceptors (Lipinski definition) is 2. The Kier molecular flexibility index (Phi) is 3.78. The molecule has 0 bridgehead atoms. The fourth-order valence-corrected chi connectivity index (χ4v) is 1.48. The van der Waals surface area contributed by atoms with Crippen molar-refractivity contribution in [2.24, 2.45) is 5.10 Å². The highest BCUT2D eigenvalue weighted by molar-refractivity contribution is 6.30. The normalized spacial score (nSPS) is 10.7. The van der Waals surface area contributed by atoms with Crippen LogP contribution in [0.3, 0.4) is 0 Å². The molecule has 0 aliphatic rings. The zero-order valence-corrected chi connectivity index (χ0v) is 10.3. The summed E-state index contributed by atoms with van der Waals surface area (Å²) in [4.78, 5) is 0. The zero-order chi connectivity index (χ0) is 12.1. The smallest absolute Gasteiger partial charge is 0.0562 e. The van der Waals surface area contributed by atoms with Crippen LogP contribution in [0.15, 0.2) is 53.6 Å². The van der Waals surface area contributed by atoms with E-state index < -0.39 is 0 Å². The van der Waals surface area contributed by atoms with Gasteiger partial charge in [0.05, 0.1) is 11.9 Å². The highest BCUT2D eigenvalue weighted by Crippen LogP contribution is 2.13. The second-order valence-electron chi connectivity index (χ2n) is 3.79. The lowest BCUT2D eigenvalue weighted by atomic mass is 10.2. The minimum absolute atomic E-state index is 0.720. The average Bonchev–Trinajstić information content (AvgIpc) is 2.34. The molecule has 0 heterocycles. The molecule has 17 heavy (non-hydrogen) atoms. The van der Waals surface area contributed by atoms with Crippen molar-refractivity contribution >= 4 is 23.5 Å². The molecule has 2 nitrogen and oxygen atoms in total. The number of hydrazone groups is 1. The summed E-state index contributed by atoms with van der Waals surface area (Å²) < 4.78 is 0. The van der Waals surface area contributed by atoms with E-state index in [0.29, 0.717) is 0 Å². The fraction of sp³-hybridized carbons (Fsp3) is 0.0714. The van der Waals surface area contributed by atoms with Gasteiger partial charge in [-0.2, -0.15) is 5.10 Å². The van der Waals surface area contributed by atoms with Crippen LogP contribution >= 0.6 is 11.6 Å². The third kappa shape index (κ3) is 3.61. The first-order valence-corrected chi connectivity index (χ1v) is 5.73. The first-order chi connectivity index (χ1) is 8.24. The monoisotopic (exact) mass is 244 g/mol. The Balaban J connectivity index is 1.97. The number of aryl methyl sites for hydroxylation is 1. The SMILES string of the molecule is Cc1ccc(/C=N/Nc2ccc(Cl)cc2)cc1. The van der Waals surface area contributed by atoms with Crippen LogP contribution in [0.5, 0.6) is 0 Å². The van der Waals surface area contributed by atoms with Gasteiger partial charge in [-0.25, -0.2) is 0 Å². The van der Waals surface area contributed by atoms with Gasteiger partial charge in [0.15, 0.2) is 0 Å². The predicted molar refractivity (Wildman–Crippen MR) is 73.8 cm³/mol. The average molecular weight is 245 g/mol. The molecule has 0 aromatic heterocycles. The number of halogens is 1. The molecule has 0 spiro atoms. The minimum Gasteiger partial charge on any atom is -0.279 e. The van der Waals surface area contributed by atoms with Crippen LogP contribution in [0.1, 0.15) is 11.1 Å². The lowest BCUT2D eigenvalue weighted by Crippen LogP contribution is -1.90. The summed E-state index contributed by atoms with van der Waals surface area (Å²) in [5, 5.41) is 4.87. The largest absolute Gasteiger partial charge is 0.279 e. The molecule has 2 aromatic carbocycles. The number of rotatable bonds is 3. The van der Waals surface area contributed by atoms with Crippen molar-refractivity contribution in [3.8, 4) is 0 Å². The molecule has 1 N–H and O–H groups in total. The molecular formula is C14H13ClN2. The van der Waals surface area contributed by atoms with Gasteiger partial charge < -0.3 is 0 Å². The van der Waals surface area contributed by atoms with Gasteiger partial charge in [0.2, 0.25) is 0 Å². The van der Waals surface area contributed by atoms with Crippen LogP contribution in [-0.4, -0.2) is 6.21 Å². The number of nitrogens with zero attached hydrogens (tertiary/aromatic N) is 1. The maximum absolute atomic E-state index is 5.79. The molecule has 0 saturated carbocycles. The summed E-state index contributed by atoms with van der Waals surface area (Å²) in [5.41, 5.74) is 6.17. The van der Waals surface area contributed by atoms with Crippen LogP contribution in [0, 0.1) is 6.92 Å². The molecule has 2 rings (SSSR count). The Morgan fingerprint density at radius 3 is 2.29 bits per heavy atom. The van der Waals surface area contributed by atoms with Crippen molar-refractivity contribution in [1.82, 2.24) is 0 Å². The number of hydrogen-bond donors (Lipinski definition) is 1. The Hall–Kier alpha value is -1.80. The first-order valence-electron chi connectivity index (χ1n) is 5.35. The van der Waals surface area contributed by atoms with E-state index in [0.717, 1.165) is 16.3 Å². The second-order valence-corrected chi connectivity index (χ2v) is 4.22. The number of benzene rings is 2. The predicted octanol–water partition coefficient (Wildman–Crippen LogP) is 4.09. The van der Waals surface area contributed by atoms with Gasteiger partial charge in [-0.1, -0.05) is 41.4 Å². The Labute approximate surface area is 106 Å². The van der Waals surface area contributed by atoms with E-state index in [1.165, 1.54) is 5.56 Å². The molecule has 0 aliphatic carbocycles. The zero-order valence-electron chi connectivity index (χ0n) is 9.52. The third-order valence-corrected chi connectivity index (χ3v) is 2.58. The van der Waals surface area contributed by atoms with Crippen LogP contribution in [0.2, 0.25) is 5.02 Å². The summed E-state index contributed by atoms with van der Waals surface area (Å²) in [7, 11) is 0. The molecule has 86 valence electrons. The molecule has 0 aliphatic heterocycles. The van der Waals surface area contributed by atoms with E-state index in [1.807, 2.05) is 36.4 Å². The van der Waals surface area contributed by atoms with E-state index in [1.54, 1.807) is 6.21 Å². The molecule has 0 radical (unpaired) electrons. The van der Waals surface area contributed by atoms with Crippen molar-refractivity contribution in [2.75, 3.05) is 5.43 Å². The summed E-state index contributed by atoms with van der Waals surface area (Å²) in [6.45, 7) is 2.06. The van der Waals surface area contributed by atoms with Crippen LogP contribution < -0.4 is 5.43 Å². The second kappa shape index (κ2) is 5.51. The topological polar surface area (TPSA) is 24.4 Å². The summed E-state index contributed by atoms with van der Waals surface area (Å²) in [5.74, 6) is 0. The number of nitrogens with one attached hydrogen (secondary N) is 1. The molecule has 0 fully saturated rings.